The molecule has 2 aromatic heterocycles. The van der Waals surface area contributed by atoms with Crippen LogP contribution in [0.15, 0.2) is 48.7 Å². The second-order valence-corrected chi connectivity index (χ2v) is 5.07. The third kappa shape index (κ3) is 3.06. The Morgan fingerprint density at radius 1 is 1.05 bits per heavy atom. The monoisotopic (exact) mass is 278 g/mol. The van der Waals surface area contributed by atoms with Crippen LogP contribution >= 0.6 is 0 Å². The Morgan fingerprint density at radius 2 is 1.90 bits per heavy atom. The summed E-state index contributed by atoms with van der Waals surface area (Å²) >= 11 is 0. The summed E-state index contributed by atoms with van der Waals surface area (Å²) in [4.78, 5) is 13.4. The van der Waals surface area contributed by atoms with Gasteiger partial charge in [0.15, 0.2) is 0 Å². The maximum absolute atomic E-state index is 4.73. The summed E-state index contributed by atoms with van der Waals surface area (Å²) in [5.74, 6) is 0.791. The highest BCUT2D eigenvalue weighted by molar-refractivity contribution is 5.78. The van der Waals surface area contributed by atoms with Crippen molar-refractivity contribution in [1.82, 2.24) is 20.3 Å². The lowest BCUT2D eigenvalue weighted by molar-refractivity contribution is 0.566. The van der Waals surface area contributed by atoms with Gasteiger partial charge >= 0.3 is 0 Å². The topological polar surface area (TPSA) is 50.7 Å². The van der Waals surface area contributed by atoms with Gasteiger partial charge in [-0.1, -0.05) is 24.3 Å². The molecule has 0 saturated carbocycles. The standard InChI is InChI=1S/C17H18N4/c1-12-19-10-9-16(20-12)17(18-2)11-14-8-7-13-5-3-4-6-15(13)21-14/h3-10,17-18H,11H2,1-2H3. The second-order valence-electron chi connectivity index (χ2n) is 5.07. The Labute approximate surface area is 124 Å². The summed E-state index contributed by atoms with van der Waals surface area (Å²) in [7, 11) is 1.95. The summed E-state index contributed by atoms with van der Waals surface area (Å²) in [5.41, 5.74) is 3.09. The van der Waals surface area contributed by atoms with E-state index in [0.29, 0.717) is 0 Å². The van der Waals surface area contributed by atoms with Gasteiger partial charge in [0.2, 0.25) is 0 Å². The molecule has 0 fully saturated rings. The van der Waals surface area contributed by atoms with Crippen LogP contribution in [0.2, 0.25) is 0 Å². The number of aromatic nitrogens is 3. The fourth-order valence-corrected chi connectivity index (χ4v) is 2.45. The van der Waals surface area contributed by atoms with E-state index in [-0.39, 0.29) is 6.04 Å². The molecule has 3 aromatic rings. The van der Waals surface area contributed by atoms with Crippen molar-refractivity contribution in [2.75, 3.05) is 7.05 Å². The molecule has 1 aromatic carbocycles. The third-order valence-electron chi connectivity index (χ3n) is 3.57. The fourth-order valence-electron chi connectivity index (χ4n) is 2.45. The highest BCUT2D eigenvalue weighted by Crippen LogP contribution is 2.18. The lowest BCUT2D eigenvalue weighted by Gasteiger charge is -2.15. The zero-order valence-corrected chi connectivity index (χ0v) is 12.2. The molecule has 0 aliphatic rings. The minimum atomic E-state index is 0.139. The Bertz CT molecular complexity index is 754. The summed E-state index contributed by atoms with van der Waals surface area (Å²) in [6.07, 6.45) is 2.60. The minimum Gasteiger partial charge on any atom is -0.311 e. The third-order valence-corrected chi connectivity index (χ3v) is 3.57. The van der Waals surface area contributed by atoms with Gasteiger partial charge < -0.3 is 5.32 Å². The molecule has 3 rings (SSSR count). The molecule has 1 atom stereocenters. The fraction of sp³-hybridized carbons (Fsp3) is 0.235. The van der Waals surface area contributed by atoms with Crippen molar-refractivity contribution in [3.63, 3.8) is 0 Å². The van der Waals surface area contributed by atoms with Crippen LogP contribution in [0.4, 0.5) is 0 Å². The van der Waals surface area contributed by atoms with Crippen LogP contribution < -0.4 is 5.32 Å². The molecule has 0 aliphatic carbocycles. The van der Waals surface area contributed by atoms with Gasteiger partial charge in [0.1, 0.15) is 5.82 Å². The van der Waals surface area contributed by atoms with Crippen molar-refractivity contribution in [2.45, 2.75) is 19.4 Å². The second kappa shape index (κ2) is 5.97. The van der Waals surface area contributed by atoms with Crippen LogP contribution in [0.1, 0.15) is 23.3 Å². The minimum absolute atomic E-state index is 0.139. The van der Waals surface area contributed by atoms with Crippen LogP contribution in [0.3, 0.4) is 0 Å². The number of hydrogen-bond donors (Lipinski definition) is 1. The Hall–Kier alpha value is -2.33. The molecule has 0 amide bonds. The molecule has 0 aliphatic heterocycles. The molecular weight excluding hydrogens is 260 g/mol. The highest BCUT2D eigenvalue weighted by atomic mass is 14.9. The first-order valence-corrected chi connectivity index (χ1v) is 7.08. The molecule has 0 spiro atoms. The SMILES string of the molecule is CNC(Cc1ccc2ccccc2n1)c1ccnc(C)n1. The maximum atomic E-state index is 4.73. The highest BCUT2D eigenvalue weighted by Gasteiger charge is 2.13. The van der Waals surface area contributed by atoms with Crippen LogP contribution in [0.25, 0.3) is 10.9 Å². The molecule has 2 heterocycles. The van der Waals surface area contributed by atoms with Crippen molar-refractivity contribution in [3.05, 3.63) is 65.9 Å². The number of pyridine rings is 1. The Kier molecular flexibility index (Phi) is 3.88. The Morgan fingerprint density at radius 3 is 2.71 bits per heavy atom. The average molecular weight is 278 g/mol. The number of nitrogens with one attached hydrogen (secondary N) is 1. The number of fused-ring (bicyclic) bond motifs is 1. The van der Waals surface area contributed by atoms with Crippen LogP contribution in [-0.2, 0) is 6.42 Å². The lowest BCUT2D eigenvalue weighted by Crippen LogP contribution is -2.21. The van der Waals surface area contributed by atoms with Gasteiger partial charge in [0.25, 0.3) is 0 Å². The van der Waals surface area contributed by atoms with Crippen LogP contribution in [0.5, 0.6) is 0 Å². The first-order valence-electron chi connectivity index (χ1n) is 7.08. The normalized spacial score (nSPS) is 12.5. The summed E-state index contributed by atoms with van der Waals surface area (Å²) < 4.78 is 0. The van der Waals surface area contributed by atoms with Gasteiger partial charge in [-0.15, -0.1) is 0 Å². The van der Waals surface area contributed by atoms with Crippen molar-refractivity contribution >= 4 is 10.9 Å². The molecule has 106 valence electrons. The Balaban J connectivity index is 1.88. The van der Waals surface area contributed by atoms with Gasteiger partial charge in [0.05, 0.1) is 17.3 Å². The average Bonchev–Trinajstić information content (AvgIpc) is 2.52. The van der Waals surface area contributed by atoms with E-state index in [1.807, 2.05) is 38.2 Å². The zero-order valence-electron chi connectivity index (χ0n) is 12.2. The van der Waals surface area contributed by atoms with E-state index in [9.17, 15) is 0 Å². The largest absolute Gasteiger partial charge is 0.311 e. The predicted octanol–water partition coefficient (Wildman–Crippen LogP) is 2.84. The summed E-state index contributed by atoms with van der Waals surface area (Å²) in [6, 6.07) is 14.5. The van der Waals surface area contributed by atoms with E-state index in [0.717, 1.165) is 29.1 Å². The number of benzene rings is 1. The quantitative estimate of drug-likeness (QED) is 0.797. The predicted molar refractivity (Wildman–Crippen MR) is 84.0 cm³/mol. The number of para-hydroxylation sites is 1. The zero-order chi connectivity index (χ0) is 14.7. The molecule has 4 nitrogen and oxygen atoms in total. The van der Waals surface area contributed by atoms with E-state index in [1.54, 1.807) is 6.20 Å². The van der Waals surface area contributed by atoms with Gasteiger partial charge in [-0.3, -0.25) is 4.98 Å². The first-order chi connectivity index (χ1) is 10.3. The van der Waals surface area contributed by atoms with E-state index >= 15 is 0 Å². The van der Waals surface area contributed by atoms with Crippen molar-refractivity contribution in [1.29, 1.82) is 0 Å². The molecule has 1 N–H and O–H groups in total. The molecule has 0 saturated heterocycles. The molecular formula is C17H18N4. The lowest BCUT2D eigenvalue weighted by atomic mass is 10.1. The number of nitrogens with zero attached hydrogens (tertiary/aromatic N) is 3. The molecule has 0 bridgehead atoms. The van der Waals surface area contributed by atoms with E-state index in [2.05, 4.69) is 33.5 Å². The van der Waals surface area contributed by atoms with E-state index < -0.39 is 0 Å². The first kappa shape index (κ1) is 13.6. The number of rotatable bonds is 4. The van der Waals surface area contributed by atoms with Crippen molar-refractivity contribution in [3.8, 4) is 0 Å². The van der Waals surface area contributed by atoms with E-state index in [1.165, 1.54) is 5.39 Å². The maximum Gasteiger partial charge on any atom is 0.125 e. The van der Waals surface area contributed by atoms with Gasteiger partial charge in [-0.2, -0.15) is 0 Å². The summed E-state index contributed by atoms with van der Waals surface area (Å²) in [6.45, 7) is 1.91. The number of aryl methyl sites for hydroxylation is 1. The van der Waals surface area contributed by atoms with Gasteiger partial charge in [0, 0.05) is 23.7 Å². The molecule has 4 heteroatoms. The van der Waals surface area contributed by atoms with Crippen molar-refractivity contribution < 1.29 is 0 Å². The molecule has 1 unspecified atom stereocenters. The van der Waals surface area contributed by atoms with E-state index in [4.69, 9.17) is 4.98 Å². The van der Waals surface area contributed by atoms with Crippen LogP contribution in [0, 0.1) is 6.92 Å². The number of hydrogen-bond acceptors (Lipinski definition) is 4. The number of likely N-dealkylation sites (N-methyl/N-ethyl adjacent to an activating group) is 1. The van der Waals surface area contributed by atoms with Gasteiger partial charge in [-0.25, -0.2) is 9.97 Å². The van der Waals surface area contributed by atoms with Crippen LogP contribution in [-0.4, -0.2) is 22.0 Å². The smallest absolute Gasteiger partial charge is 0.125 e. The summed E-state index contributed by atoms with van der Waals surface area (Å²) in [5, 5.41) is 4.48. The molecule has 21 heavy (non-hydrogen) atoms. The van der Waals surface area contributed by atoms with Gasteiger partial charge in [-0.05, 0) is 32.2 Å². The van der Waals surface area contributed by atoms with Crippen molar-refractivity contribution in [2.24, 2.45) is 0 Å². The molecule has 0 radical (unpaired) electrons.